The van der Waals surface area contributed by atoms with Crippen LogP contribution in [-0.2, 0) is 9.84 Å². The van der Waals surface area contributed by atoms with E-state index in [1.54, 1.807) is 18.3 Å². The average Bonchev–Trinajstić information content (AvgIpc) is 3.00. The molecule has 3 rings (SSSR count). The summed E-state index contributed by atoms with van der Waals surface area (Å²) in [4.78, 5) is 14.6. The second-order valence-electron chi connectivity index (χ2n) is 5.45. The van der Waals surface area contributed by atoms with Crippen LogP contribution in [0, 0.1) is 0 Å². The highest BCUT2D eigenvalue weighted by Crippen LogP contribution is 2.29. The van der Waals surface area contributed by atoms with Crippen molar-refractivity contribution in [1.82, 2.24) is 10.2 Å². The van der Waals surface area contributed by atoms with E-state index in [0.717, 1.165) is 37.9 Å². The van der Waals surface area contributed by atoms with E-state index in [9.17, 15) is 13.2 Å². The SMILES string of the molecule is CS(=O)(=O)c1ccc(-c2c(N3CCCC3)cn[nH]c2=O)cc1. The Morgan fingerprint density at radius 1 is 1.14 bits per heavy atom. The van der Waals surface area contributed by atoms with Crippen LogP contribution in [0.2, 0.25) is 0 Å². The van der Waals surface area contributed by atoms with Crippen LogP contribution >= 0.6 is 0 Å². The number of nitrogens with one attached hydrogen (secondary N) is 1. The zero-order valence-corrected chi connectivity index (χ0v) is 13.1. The van der Waals surface area contributed by atoms with Crippen LogP contribution in [0.4, 0.5) is 5.69 Å². The fraction of sp³-hybridized carbons (Fsp3) is 0.333. The molecule has 0 spiro atoms. The molecule has 0 bridgehead atoms. The van der Waals surface area contributed by atoms with Crippen molar-refractivity contribution in [3.63, 3.8) is 0 Å². The molecule has 2 heterocycles. The first-order chi connectivity index (χ1) is 10.5. The first-order valence-electron chi connectivity index (χ1n) is 7.10. The van der Waals surface area contributed by atoms with Gasteiger partial charge < -0.3 is 4.90 Å². The third kappa shape index (κ3) is 2.76. The second-order valence-corrected chi connectivity index (χ2v) is 7.47. The van der Waals surface area contributed by atoms with Crippen LogP contribution in [0.15, 0.2) is 40.2 Å². The molecule has 1 aliphatic rings. The van der Waals surface area contributed by atoms with E-state index in [0.29, 0.717) is 11.1 Å². The molecule has 0 unspecified atom stereocenters. The Balaban J connectivity index is 2.10. The Morgan fingerprint density at radius 3 is 2.36 bits per heavy atom. The monoisotopic (exact) mass is 319 g/mol. The normalized spacial score (nSPS) is 15.2. The van der Waals surface area contributed by atoms with Gasteiger partial charge in [0.15, 0.2) is 9.84 Å². The Bertz CT molecular complexity index is 835. The molecule has 0 atom stereocenters. The number of hydrogen-bond donors (Lipinski definition) is 1. The number of aromatic amines is 1. The lowest BCUT2D eigenvalue weighted by molar-refractivity contribution is 0.602. The number of nitrogens with zero attached hydrogens (tertiary/aromatic N) is 2. The molecular formula is C15H17N3O3S. The number of sulfone groups is 1. The fourth-order valence-corrected chi connectivity index (χ4v) is 3.36. The molecule has 1 fully saturated rings. The third-order valence-corrected chi connectivity index (χ3v) is 4.98. The van der Waals surface area contributed by atoms with Crippen LogP contribution in [0.1, 0.15) is 12.8 Å². The highest BCUT2D eigenvalue weighted by Gasteiger charge is 2.19. The van der Waals surface area contributed by atoms with Crippen molar-refractivity contribution < 1.29 is 8.42 Å². The van der Waals surface area contributed by atoms with Gasteiger partial charge in [0.25, 0.3) is 5.56 Å². The van der Waals surface area contributed by atoms with Crippen molar-refractivity contribution in [2.45, 2.75) is 17.7 Å². The van der Waals surface area contributed by atoms with Gasteiger partial charge in [0.05, 0.1) is 22.3 Å². The van der Waals surface area contributed by atoms with E-state index >= 15 is 0 Å². The molecule has 22 heavy (non-hydrogen) atoms. The molecule has 1 aromatic carbocycles. The summed E-state index contributed by atoms with van der Waals surface area (Å²) in [5.41, 5.74) is 1.76. The lowest BCUT2D eigenvalue weighted by Crippen LogP contribution is -2.23. The first kappa shape index (κ1) is 14.8. The van der Waals surface area contributed by atoms with Gasteiger partial charge in [-0.1, -0.05) is 12.1 Å². The summed E-state index contributed by atoms with van der Waals surface area (Å²) in [5, 5.41) is 6.35. The zero-order valence-electron chi connectivity index (χ0n) is 12.2. The summed E-state index contributed by atoms with van der Waals surface area (Å²) in [7, 11) is -3.25. The highest BCUT2D eigenvalue weighted by molar-refractivity contribution is 7.90. The van der Waals surface area contributed by atoms with Crippen LogP contribution < -0.4 is 10.5 Å². The Labute approximate surface area is 128 Å². The Morgan fingerprint density at radius 2 is 1.77 bits per heavy atom. The molecule has 7 heteroatoms. The third-order valence-electron chi connectivity index (χ3n) is 3.85. The molecule has 116 valence electrons. The van der Waals surface area contributed by atoms with Crippen molar-refractivity contribution in [1.29, 1.82) is 0 Å². The summed E-state index contributed by atoms with van der Waals surface area (Å²) in [6.45, 7) is 1.80. The summed E-state index contributed by atoms with van der Waals surface area (Å²) in [6, 6.07) is 6.39. The maximum Gasteiger partial charge on any atom is 0.274 e. The number of hydrogen-bond acceptors (Lipinski definition) is 5. The Kier molecular flexibility index (Phi) is 3.74. The minimum Gasteiger partial charge on any atom is -0.370 e. The summed E-state index contributed by atoms with van der Waals surface area (Å²) in [5.74, 6) is 0. The molecule has 2 aromatic rings. The van der Waals surface area contributed by atoms with Gasteiger partial charge in [-0.25, -0.2) is 13.5 Å². The number of benzene rings is 1. The molecule has 0 aliphatic carbocycles. The van der Waals surface area contributed by atoms with Crippen molar-refractivity contribution >= 4 is 15.5 Å². The standard InChI is InChI=1S/C15H17N3O3S/c1-22(20,21)12-6-4-11(5-7-12)14-13(10-16-17-15(14)19)18-8-2-3-9-18/h4-7,10H,2-3,8-9H2,1H3,(H,17,19). The lowest BCUT2D eigenvalue weighted by Gasteiger charge is -2.20. The van der Waals surface area contributed by atoms with Crippen LogP contribution in [0.5, 0.6) is 0 Å². The highest BCUT2D eigenvalue weighted by atomic mass is 32.2. The van der Waals surface area contributed by atoms with Crippen LogP contribution in [0.3, 0.4) is 0 Å². The van der Waals surface area contributed by atoms with Crippen molar-refractivity contribution in [3.05, 3.63) is 40.8 Å². The fourth-order valence-electron chi connectivity index (χ4n) is 2.73. The molecule has 1 aromatic heterocycles. The first-order valence-corrected chi connectivity index (χ1v) is 8.99. The smallest absolute Gasteiger partial charge is 0.274 e. The summed E-state index contributed by atoms with van der Waals surface area (Å²) >= 11 is 0. The van der Waals surface area contributed by atoms with Crippen LogP contribution in [-0.4, -0.2) is 38.0 Å². The van der Waals surface area contributed by atoms with Gasteiger partial charge in [-0.3, -0.25) is 4.79 Å². The van der Waals surface area contributed by atoms with Gasteiger partial charge >= 0.3 is 0 Å². The molecule has 1 aliphatic heterocycles. The van der Waals surface area contributed by atoms with Gasteiger partial charge in [0.2, 0.25) is 0 Å². The molecule has 0 saturated carbocycles. The summed E-state index contributed by atoms with van der Waals surface area (Å²) in [6.07, 6.45) is 5.02. The maximum absolute atomic E-state index is 12.2. The minimum absolute atomic E-state index is 0.240. The van der Waals surface area contributed by atoms with Gasteiger partial charge in [-0.15, -0.1) is 0 Å². The lowest BCUT2D eigenvalue weighted by atomic mass is 10.1. The van der Waals surface area contributed by atoms with E-state index in [-0.39, 0.29) is 10.5 Å². The van der Waals surface area contributed by atoms with Gasteiger partial charge in [-0.2, -0.15) is 5.10 Å². The topological polar surface area (TPSA) is 83.1 Å². The molecular weight excluding hydrogens is 302 g/mol. The number of aromatic nitrogens is 2. The molecule has 1 N–H and O–H groups in total. The van der Waals surface area contributed by atoms with Crippen LogP contribution in [0.25, 0.3) is 11.1 Å². The average molecular weight is 319 g/mol. The summed E-state index contributed by atoms with van der Waals surface area (Å²) < 4.78 is 23.1. The minimum atomic E-state index is -3.25. The quantitative estimate of drug-likeness (QED) is 0.925. The Hall–Kier alpha value is -2.15. The predicted molar refractivity (Wildman–Crippen MR) is 84.9 cm³/mol. The maximum atomic E-state index is 12.2. The van der Waals surface area contributed by atoms with E-state index < -0.39 is 9.84 Å². The van der Waals surface area contributed by atoms with Gasteiger partial charge in [-0.05, 0) is 30.5 Å². The van der Waals surface area contributed by atoms with Crippen molar-refractivity contribution in [3.8, 4) is 11.1 Å². The molecule has 6 nitrogen and oxygen atoms in total. The number of rotatable bonds is 3. The molecule has 1 saturated heterocycles. The largest absolute Gasteiger partial charge is 0.370 e. The zero-order chi connectivity index (χ0) is 15.7. The number of anilines is 1. The van der Waals surface area contributed by atoms with E-state index in [1.807, 2.05) is 0 Å². The predicted octanol–water partition coefficient (Wildman–Crippen LogP) is 1.44. The van der Waals surface area contributed by atoms with E-state index in [4.69, 9.17) is 0 Å². The van der Waals surface area contributed by atoms with E-state index in [2.05, 4.69) is 15.1 Å². The van der Waals surface area contributed by atoms with Gasteiger partial charge in [0, 0.05) is 19.3 Å². The molecule has 0 amide bonds. The van der Waals surface area contributed by atoms with Crippen molar-refractivity contribution in [2.24, 2.45) is 0 Å². The van der Waals surface area contributed by atoms with E-state index in [1.165, 1.54) is 12.1 Å². The van der Waals surface area contributed by atoms with Gasteiger partial charge in [0.1, 0.15) is 0 Å². The molecule has 0 radical (unpaired) electrons. The van der Waals surface area contributed by atoms with Crippen molar-refractivity contribution in [2.75, 3.05) is 24.2 Å². The number of H-pyrrole nitrogens is 1. The second kappa shape index (κ2) is 5.57.